The van der Waals surface area contributed by atoms with Crippen LogP contribution in [0.3, 0.4) is 0 Å². The molecule has 1 rings (SSSR count). The summed E-state index contributed by atoms with van der Waals surface area (Å²) in [6, 6.07) is 2.03. The van der Waals surface area contributed by atoms with Crippen LogP contribution in [0.4, 0.5) is 0 Å². The molecule has 0 spiro atoms. The van der Waals surface area contributed by atoms with E-state index in [2.05, 4.69) is 5.10 Å². The molecule has 0 saturated carbocycles. The van der Waals surface area contributed by atoms with Crippen molar-refractivity contribution >= 4 is 0 Å². The summed E-state index contributed by atoms with van der Waals surface area (Å²) in [5.74, 6) is 0. The molecule has 1 atom stereocenters. The molecule has 80 valence electrons. The van der Waals surface area contributed by atoms with Crippen molar-refractivity contribution in [3.05, 3.63) is 17.5 Å². The van der Waals surface area contributed by atoms with E-state index in [-0.39, 0.29) is 12.0 Å². The Morgan fingerprint density at radius 2 is 2.29 bits per heavy atom. The fraction of sp³-hybridized carbons (Fsp3) is 0.700. The number of nitrogens with two attached hydrogens (primary N) is 1. The van der Waals surface area contributed by atoms with Crippen molar-refractivity contribution in [2.45, 2.75) is 20.3 Å². The lowest BCUT2D eigenvalue weighted by Crippen LogP contribution is -2.33. The molecular weight excluding hydrogens is 178 g/mol. The molecule has 1 aromatic heterocycles. The molecule has 0 aliphatic carbocycles. The first kappa shape index (κ1) is 11.2. The summed E-state index contributed by atoms with van der Waals surface area (Å²) in [7, 11) is 1.91. The largest absolute Gasteiger partial charge is 0.396 e. The predicted molar refractivity (Wildman–Crippen MR) is 55.9 cm³/mol. The van der Waals surface area contributed by atoms with Crippen LogP contribution in [-0.4, -0.2) is 28.0 Å². The van der Waals surface area contributed by atoms with Crippen LogP contribution in [0.25, 0.3) is 0 Å². The average molecular weight is 197 g/mol. The molecule has 0 amide bonds. The van der Waals surface area contributed by atoms with Crippen molar-refractivity contribution in [2.24, 2.45) is 18.2 Å². The lowest BCUT2D eigenvalue weighted by atomic mass is 9.86. The minimum absolute atomic E-state index is 0.105. The number of aliphatic hydroxyl groups excluding tert-OH is 1. The number of aliphatic hydroxyl groups is 1. The molecule has 0 radical (unpaired) electrons. The maximum Gasteiger partial charge on any atom is 0.0596 e. The molecule has 1 aromatic rings. The Kier molecular flexibility index (Phi) is 3.29. The lowest BCUT2D eigenvalue weighted by Gasteiger charge is -2.24. The fourth-order valence-electron chi connectivity index (χ4n) is 1.46. The second kappa shape index (κ2) is 4.11. The first-order chi connectivity index (χ1) is 6.50. The Labute approximate surface area is 84.7 Å². The van der Waals surface area contributed by atoms with Gasteiger partial charge in [0.2, 0.25) is 0 Å². The van der Waals surface area contributed by atoms with Crippen LogP contribution in [-0.2, 0) is 13.5 Å². The number of rotatable bonds is 4. The van der Waals surface area contributed by atoms with E-state index in [0.717, 1.165) is 17.8 Å². The van der Waals surface area contributed by atoms with Crippen LogP contribution in [0.2, 0.25) is 0 Å². The van der Waals surface area contributed by atoms with Gasteiger partial charge in [0.1, 0.15) is 0 Å². The Bertz CT molecular complexity index is 302. The van der Waals surface area contributed by atoms with Gasteiger partial charge < -0.3 is 10.8 Å². The van der Waals surface area contributed by atoms with Gasteiger partial charge in [0.25, 0.3) is 0 Å². The number of hydrogen-bond acceptors (Lipinski definition) is 3. The van der Waals surface area contributed by atoms with Gasteiger partial charge in [0.05, 0.1) is 12.3 Å². The molecule has 0 saturated heterocycles. The molecule has 14 heavy (non-hydrogen) atoms. The van der Waals surface area contributed by atoms with Crippen molar-refractivity contribution in [3.8, 4) is 0 Å². The van der Waals surface area contributed by atoms with E-state index in [0.29, 0.717) is 6.54 Å². The van der Waals surface area contributed by atoms with Crippen molar-refractivity contribution in [3.63, 3.8) is 0 Å². The molecular formula is C10H19N3O. The van der Waals surface area contributed by atoms with Crippen LogP contribution >= 0.6 is 0 Å². The topological polar surface area (TPSA) is 64.1 Å². The molecule has 0 aliphatic heterocycles. The summed E-state index contributed by atoms with van der Waals surface area (Å²) in [6.45, 7) is 4.53. The molecule has 3 N–H and O–H groups in total. The maximum atomic E-state index is 9.23. The lowest BCUT2D eigenvalue weighted by molar-refractivity contribution is 0.147. The third-order valence-electron chi connectivity index (χ3n) is 2.58. The summed E-state index contributed by atoms with van der Waals surface area (Å²) in [4.78, 5) is 0. The normalized spacial score (nSPS) is 15.5. The van der Waals surface area contributed by atoms with Crippen molar-refractivity contribution in [1.82, 2.24) is 9.78 Å². The van der Waals surface area contributed by atoms with E-state index < -0.39 is 0 Å². The zero-order valence-corrected chi connectivity index (χ0v) is 9.12. The maximum absolute atomic E-state index is 9.23. The summed E-state index contributed by atoms with van der Waals surface area (Å²) < 4.78 is 1.85. The van der Waals surface area contributed by atoms with E-state index in [1.54, 1.807) is 0 Å². The van der Waals surface area contributed by atoms with E-state index in [9.17, 15) is 5.11 Å². The number of hydrogen-bond donors (Lipinski definition) is 2. The number of nitrogens with zero attached hydrogens (tertiary/aromatic N) is 2. The van der Waals surface area contributed by atoms with E-state index in [1.165, 1.54) is 0 Å². The standard InChI is InChI=1S/C10H19N3O/c1-8-4-9(13(3)12-8)5-10(2,6-11)7-14/h4,14H,5-7,11H2,1-3H3. The predicted octanol–water partition coefficient (Wildman–Crippen LogP) is 0.228. The Morgan fingerprint density at radius 3 is 2.64 bits per heavy atom. The Balaban J connectivity index is 2.81. The van der Waals surface area contributed by atoms with Crippen molar-refractivity contribution in [2.75, 3.05) is 13.2 Å². The minimum atomic E-state index is -0.236. The fourth-order valence-corrected chi connectivity index (χ4v) is 1.46. The highest BCUT2D eigenvalue weighted by atomic mass is 16.3. The highest BCUT2D eigenvalue weighted by molar-refractivity contribution is 5.10. The average Bonchev–Trinajstić information content (AvgIpc) is 2.45. The van der Waals surface area contributed by atoms with Gasteiger partial charge in [-0.15, -0.1) is 0 Å². The van der Waals surface area contributed by atoms with Crippen molar-refractivity contribution in [1.29, 1.82) is 0 Å². The van der Waals surface area contributed by atoms with Gasteiger partial charge in [0, 0.05) is 24.7 Å². The van der Waals surface area contributed by atoms with E-state index in [4.69, 9.17) is 5.73 Å². The van der Waals surface area contributed by atoms with E-state index >= 15 is 0 Å². The molecule has 0 aromatic carbocycles. The quantitative estimate of drug-likeness (QED) is 0.726. The van der Waals surface area contributed by atoms with Gasteiger partial charge in [0.15, 0.2) is 0 Å². The Morgan fingerprint density at radius 1 is 1.64 bits per heavy atom. The van der Waals surface area contributed by atoms with Crippen molar-refractivity contribution < 1.29 is 5.11 Å². The smallest absolute Gasteiger partial charge is 0.0596 e. The third kappa shape index (κ3) is 2.33. The first-order valence-electron chi connectivity index (χ1n) is 4.81. The van der Waals surface area contributed by atoms with Crippen LogP contribution in [0, 0.1) is 12.3 Å². The minimum Gasteiger partial charge on any atom is -0.396 e. The second-order valence-electron chi connectivity index (χ2n) is 4.25. The first-order valence-corrected chi connectivity index (χ1v) is 4.81. The summed E-state index contributed by atoms with van der Waals surface area (Å²) in [5, 5.41) is 13.5. The summed E-state index contributed by atoms with van der Waals surface area (Å²) in [5.41, 5.74) is 7.51. The number of aryl methyl sites for hydroxylation is 2. The molecule has 4 nitrogen and oxygen atoms in total. The van der Waals surface area contributed by atoms with Gasteiger partial charge in [-0.25, -0.2) is 0 Å². The zero-order valence-electron chi connectivity index (χ0n) is 9.12. The van der Waals surface area contributed by atoms with Gasteiger partial charge in [-0.05, 0) is 19.4 Å². The molecule has 0 aliphatic rings. The van der Waals surface area contributed by atoms with Gasteiger partial charge in [-0.1, -0.05) is 6.92 Å². The molecule has 0 bridgehead atoms. The van der Waals surface area contributed by atoms with Crippen LogP contribution in [0.5, 0.6) is 0 Å². The van der Waals surface area contributed by atoms with Crippen LogP contribution in [0.1, 0.15) is 18.3 Å². The highest BCUT2D eigenvalue weighted by Crippen LogP contribution is 2.20. The SMILES string of the molecule is Cc1cc(CC(C)(CN)CO)n(C)n1. The molecule has 1 unspecified atom stereocenters. The van der Waals surface area contributed by atoms with Gasteiger partial charge in [-0.3, -0.25) is 4.68 Å². The molecule has 4 heteroatoms. The zero-order chi connectivity index (χ0) is 10.8. The molecule has 1 heterocycles. The molecule has 0 fully saturated rings. The van der Waals surface area contributed by atoms with Gasteiger partial charge in [-0.2, -0.15) is 5.10 Å². The summed E-state index contributed by atoms with van der Waals surface area (Å²) in [6.07, 6.45) is 0.761. The van der Waals surface area contributed by atoms with Crippen LogP contribution < -0.4 is 5.73 Å². The monoisotopic (exact) mass is 197 g/mol. The number of aromatic nitrogens is 2. The van der Waals surface area contributed by atoms with Gasteiger partial charge >= 0.3 is 0 Å². The van der Waals surface area contributed by atoms with E-state index in [1.807, 2.05) is 31.6 Å². The summed E-state index contributed by atoms with van der Waals surface area (Å²) >= 11 is 0. The highest BCUT2D eigenvalue weighted by Gasteiger charge is 2.23. The second-order valence-corrected chi connectivity index (χ2v) is 4.25. The Hall–Kier alpha value is -0.870. The van der Waals surface area contributed by atoms with Crippen LogP contribution in [0.15, 0.2) is 6.07 Å². The third-order valence-corrected chi connectivity index (χ3v) is 2.58.